The molecule has 2 fully saturated rings. The lowest BCUT2D eigenvalue weighted by Crippen LogP contribution is -2.52. The summed E-state index contributed by atoms with van der Waals surface area (Å²) in [7, 11) is 0. The summed E-state index contributed by atoms with van der Waals surface area (Å²) in [5, 5.41) is 6.36. The van der Waals surface area contributed by atoms with Gasteiger partial charge in [-0.05, 0) is 51.6 Å². The lowest BCUT2D eigenvalue weighted by molar-refractivity contribution is -0.134. The van der Waals surface area contributed by atoms with Crippen molar-refractivity contribution in [3.63, 3.8) is 0 Å². The SMILES string of the molecule is CC(C)NC(=O)CN1CCN(C(=O)CC(C)C2CCCNC2)CC1.Cl.Cl. The number of carbonyl (C=O) groups is 2. The van der Waals surface area contributed by atoms with Crippen molar-refractivity contribution in [2.45, 2.75) is 46.1 Å². The number of piperidine rings is 1. The van der Waals surface area contributed by atoms with Crippen LogP contribution in [0.25, 0.3) is 0 Å². The second-order valence-electron chi connectivity index (χ2n) is 7.67. The van der Waals surface area contributed by atoms with E-state index in [9.17, 15) is 9.59 Å². The van der Waals surface area contributed by atoms with Gasteiger partial charge in [-0.15, -0.1) is 24.8 Å². The molecular weight excluding hydrogens is 375 g/mol. The molecule has 26 heavy (non-hydrogen) atoms. The van der Waals surface area contributed by atoms with Crippen molar-refractivity contribution in [3.8, 4) is 0 Å². The normalized spacial score (nSPS) is 22.2. The first-order chi connectivity index (χ1) is 11.5. The molecule has 0 aliphatic carbocycles. The Balaban J connectivity index is 0.00000312. The van der Waals surface area contributed by atoms with Gasteiger partial charge in [0.2, 0.25) is 11.8 Å². The third kappa shape index (κ3) is 8.42. The number of piperazine rings is 1. The Hall–Kier alpha value is -0.560. The lowest BCUT2D eigenvalue weighted by Gasteiger charge is -2.36. The Labute approximate surface area is 170 Å². The molecule has 2 heterocycles. The quantitative estimate of drug-likeness (QED) is 0.696. The first-order valence-corrected chi connectivity index (χ1v) is 9.46. The van der Waals surface area contributed by atoms with Gasteiger partial charge in [0.15, 0.2) is 0 Å². The summed E-state index contributed by atoms with van der Waals surface area (Å²) in [6.45, 7) is 11.8. The molecule has 0 aromatic heterocycles. The van der Waals surface area contributed by atoms with Gasteiger partial charge in [-0.2, -0.15) is 0 Å². The maximum atomic E-state index is 12.5. The van der Waals surface area contributed by atoms with Crippen molar-refractivity contribution in [2.24, 2.45) is 11.8 Å². The minimum Gasteiger partial charge on any atom is -0.353 e. The number of nitrogens with zero attached hydrogens (tertiary/aromatic N) is 2. The van der Waals surface area contributed by atoms with Crippen LogP contribution in [0.15, 0.2) is 0 Å². The predicted octanol–water partition coefficient (Wildman–Crippen LogP) is 1.52. The van der Waals surface area contributed by atoms with Crippen LogP contribution >= 0.6 is 24.8 Å². The topological polar surface area (TPSA) is 64.7 Å². The van der Waals surface area contributed by atoms with E-state index in [1.54, 1.807) is 0 Å². The van der Waals surface area contributed by atoms with Crippen LogP contribution in [0.2, 0.25) is 0 Å². The molecule has 2 amide bonds. The van der Waals surface area contributed by atoms with E-state index in [4.69, 9.17) is 0 Å². The molecule has 2 N–H and O–H groups in total. The predicted molar refractivity (Wildman–Crippen MR) is 110 cm³/mol. The maximum absolute atomic E-state index is 12.5. The molecule has 2 rings (SSSR count). The zero-order valence-electron chi connectivity index (χ0n) is 16.3. The van der Waals surface area contributed by atoms with Crippen LogP contribution in [-0.4, -0.2) is 73.5 Å². The van der Waals surface area contributed by atoms with Crippen LogP contribution in [0.4, 0.5) is 0 Å². The Morgan fingerprint density at radius 2 is 1.77 bits per heavy atom. The molecule has 154 valence electrons. The number of amides is 2. The van der Waals surface area contributed by atoms with Gasteiger partial charge in [0, 0.05) is 38.6 Å². The van der Waals surface area contributed by atoms with Crippen LogP contribution < -0.4 is 10.6 Å². The van der Waals surface area contributed by atoms with Gasteiger partial charge >= 0.3 is 0 Å². The molecule has 6 nitrogen and oxygen atoms in total. The molecule has 2 atom stereocenters. The molecule has 2 aliphatic heterocycles. The standard InChI is InChI=1S/C18H34N4O2.2ClH/c1-14(2)20-17(23)13-21-7-9-22(10-8-21)18(24)11-15(3)16-5-4-6-19-12-16;;/h14-16,19H,4-13H2,1-3H3,(H,20,23);2*1H. The fourth-order valence-electron chi connectivity index (χ4n) is 3.66. The van der Waals surface area contributed by atoms with Crippen LogP contribution in [0.1, 0.15) is 40.0 Å². The van der Waals surface area contributed by atoms with E-state index in [0.29, 0.717) is 24.8 Å². The number of hydrogen-bond acceptors (Lipinski definition) is 4. The summed E-state index contributed by atoms with van der Waals surface area (Å²) in [5.41, 5.74) is 0. The number of hydrogen-bond donors (Lipinski definition) is 2. The second-order valence-corrected chi connectivity index (χ2v) is 7.67. The summed E-state index contributed by atoms with van der Waals surface area (Å²) in [6.07, 6.45) is 3.11. The molecule has 0 radical (unpaired) electrons. The molecule has 2 saturated heterocycles. The van der Waals surface area contributed by atoms with Gasteiger partial charge in [-0.25, -0.2) is 0 Å². The smallest absolute Gasteiger partial charge is 0.234 e. The summed E-state index contributed by atoms with van der Waals surface area (Å²) in [5.74, 6) is 1.42. The van der Waals surface area contributed by atoms with Gasteiger partial charge in [-0.3, -0.25) is 14.5 Å². The highest BCUT2D eigenvalue weighted by Gasteiger charge is 2.26. The van der Waals surface area contributed by atoms with Crippen molar-refractivity contribution < 1.29 is 9.59 Å². The Morgan fingerprint density at radius 3 is 2.31 bits per heavy atom. The minimum atomic E-state index is 0. The van der Waals surface area contributed by atoms with Crippen molar-refractivity contribution >= 4 is 36.6 Å². The zero-order chi connectivity index (χ0) is 17.5. The van der Waals surface area contributed by atoms with E-state index >= 15 is 0 Å². The molecular formula is C18H36Cl2N4O2. The van der Waals surface area contributed by atoms with Gasteiger partial charge in [-0.1, -0.05) is 6.92 Å². The molecule has 0 aromatic rings. The third-order valence-electron chi connectivity index (χ3n) is 5.18. The lowest BCUT2D eigenvalue weighted by atomic mass is 9.85. The number of nitrogens with one attached hydrogen (secondary N) is 2. The Kier molecular flexibility index (Phi) is 12.5. The molecule has 0 bridgehead atoms. The van der Waals surface area contributed by atoms with E-state index in [-0.39, 0.29) is 42.7 Å². The van der Waals surface area contributed by atoms with E-state index in [1.807, 2.05) is 18.7 Å². The van der Waals surface area contributed by atoms with Crippen molar-refractivity contribution in [3.05, 3.63) is 0 Å². The minimum absolute atomic E-state index is 0. The zero-order valence-corrected chi connectivity index (χ0v) is 18.0. The maximum Gasteiger partial charge on any atom is 0.234 e. The molecule has 8 heteroatoms. The van der Waals surface area contributed by atoms with E-state index < -0.39 is 0 Å². The van der Waals surface area contributed by atoms with Crippen LogP contribution in [-0.2, 0) is 9.59 Å². The number of halogens is 2. The monoisotopic (exact) mass is 410 g/mol. The highest BCUT2D eigenvalue weighted by atomic mass is 35.5. The highest BCUT2D eigenvalue weighted by molar-refractivity contribution is 5.85. The Morgan fingerprint density at radius 1 is 1.12 bits per heavy atom. The first kappa shape index (κ1) is 25.4. The average molecular weight is 411 g/mol. The summed E-state index contributed by atoms with van der Waals surface area (Å²) >= 11 is 0. The van der Waals surface area contributed by atoms with Crippen LogP contribution in [0.5, 0.6) is 0 Å². The highest BCUT2D eigenvalue weighted by Crippen LogP contribution is 2.23. The summed E-state index contributed by atoms with van der Waals surface area (Å²) in [6, 6.07) is 0.177. The van der Waals surface area contributed by atoms with E-state index in [1.165, 1.54) is 12.8 Å². The van der Waals surface area contributed by atoms with E-state index in [2.05, 4.69) is 22.5 Å². The Bertz CT molecular complexity index is 423. The summed E-state index contributed by atoms with van der Waals surface area (Å²) in [4.78, 5) is 28.5. The largest absolute Gasteiger partial charge is 0.353 e. The van der Waals surface area contributed by atoms with E-state index in [0.717, 1.165) is 39.3 Å². The average Bonchev–Trinajstić information content (AvgIpc) is 2.55. The van der Waals surface area contributed by atoms with Crippen molar-refractivity contribution in [1.29, 1.82) is 0 Å². The number of carbonyl (C=O) groups excluding carboxylic acids is 2. The fourth-order valence-corrected chi connectivity index (χ4v) is 3.66. The van der Waals surface area contributed by atoms with Crippen molar-refractivity contribution in [1.82, 2.24) is 20.4 Å². The molecule has 2 unspecified atom stereocenters. The molecule has 0 aromatic carbocycles. The number of rotatable bonds is 6. The molecule has 0 spiro atoms. The van der Waals surface area contributed by atoms with Gasteiger partial charge in [0.25, 0.3) is 0 Å². The second kappa shape index (κ2) is 12.8. The van der Waals surface area contributed by atoms with Gasteiger partial charge in [0.05, 0.1) is 6.54 Å². The summed E-state index contributed by atoms with van der Waals surface area (Å²) < 4.78 is 0. The van der Waals surface area contributed by atoms with Crippen LogP contribution in [0.3, 0.4) is 0 Å². The van der Waals surface area contributed by atoms with Gasteiger partial charge in [0.1, 0.15) is 0 Å². The molecule has 2 aliphatic rings. The fraction of sp³-hybridized carbons (Fsp3) is 0.889. The van der Waals surface area contributed by atoms with Crippen LogP contribution in [0, 0.1) is 11.8 Å². The third-order valence-corrected chi connectivity index (χ3v) is 5.18. The van der Waals surface area contributed by atoms with Gasteiger partial charge < -0.3 is 15.5 Å². The molecule has 0 saturated carbocycles. The van der Waals surface area contributed by atoms with Crippen molar-refractivity contribution in [2.75, 3.05) is 45.8 Å². The first-order valence-electron chi connectivity index (χ1n) is 9.46.